The van der Waals surface area contributed by atoms with Crippen LogP contribution in [0.25, 0.3) is 0 Å². The molecule has 1 unspecified atom stereocenters. The largest absolute Gasteiger partial charge is 0.314 e. The molecule has 0 fully saturated rings. The van der Waals surface area contributed by atoms with Crippen LogP contribution in [0.4, 0.5) is 0 Å². The molecule has 0 saturated carbocycles. The minimum Gasteiger partial charge on any atom is -0.314 e. The zero-order valence-electron chi connectivity index (χ0n) is 8.03. The molecule has 0 amide bonds. The molecule has 0 aromatic rings. The van der Waals surface area contributed by atoms with Gasteiger partial charge in [0, 0.05) is 6.04 Å². The van der Waals surface area contributed by atoms with Crippen molar-refractivity contribution in [2.24, 2.45) is 0 Å². The smallest absolute Gasteiger partial charge is 0.00387 e. The Labute approximate surface area is 71.6 Å². The Balaban J connectivity index is 2.97. The fraction of sp³-hybridized carbons (Fsp3) is 0.900. The van der Waals surface area contributed by atoms with Crippen molar-refractivity contribution >= 4 is 0 Å². The van der Waals surface area contributed by atoms with Crippen molar-refractivity contribution < 1.29 is 0 Å². The van der Waals surface area contributed by atoms with Gasteiger partial charge in [-0.3, -0.25) is 0 Å². The Morgan fingerprint density at radius 1 is 1.36 bits per heavy atom. The highest BCUT2D eigenvalue weighted by Crippen LogP contribution is 1.96. The van der Waals surface area contributed by atoms with Crippen molar-refractivity contribution in [1.29, 1.82) is 0 Å². The van der Waals surface area contributed by atoms with E-state index in [4.69, 9.17) is 0 Å². The lowest BCUT2D eigenvalue weighted by atomic mass is 10.2. The Morgan fingerprint density at radius 3 is 2.64 bits per heavy atom. The summed E-state index contributed by atoms with van der Waals surface area (Å²) in [4.78, 5) is 0. The van der Waals surface area contributed by atoms with Gasteiger partial charge >= 0.3 is 0 Å². The van der Waals surface area contributed by atoms with Gasteiger partial charge in [0.2, 0.25) is 0 Å². The second-order valence-electron chi connectivity index (χ2n) is 3.20. The molecule has 0 aliphatic heterocycles. The van der Waals surface area contributed by atoms with Gasteiger partial charge in [-0.1, -0.05) is 33.1 Å². The Kier molecular flexibility index (Phi) is 8.03. The highest BCUT2D eigenvalue weighted by atomic mass is 14.9. The molecule has 0 aromatic carbocycles. The Bertz CT molecular complexity index is 71.3. The average molecular weight is 156 g/mol. The van der Waals surface area contributed by atoms with Crippen LogP contribution < -0.4 is 5.32 Å². The van der Waals surface area contributed by atoms with Gasteiger partial charge in [-0.05, 0) is 26.3 Å². The first kappa shape index (κ1) is 11.0. The Morgan fingerprint density at radius 2 is 2.09 bits per heavy atom. The fourth-order valence-corrected chi connectivity index (χ4v) is 1.13. The molecule has 67 valence electrons. The third-order valence-corrected chi connectivity index (χ3v) is 1.91. The molecule has 1 nitrogen and oxygen atoms in total. The summed E-state index contributed by atoms with van der Waals surface area (Å²) < 4.78 is 0. The predicted molar refractivity (Wildman–Crippen MR) is 51.6 cm³/mol. The van der Waals surface area contributed by atoms with Gasteiger partial charge in [-0.2, -0.15) is 0 Å². The van der Waals surface area contributed by atoms with Gasteiger partial charge in [0.15, 0.2) is 0 Å². The maximum absolute atomic E-state index is 3.83. The lowest BCUT2D eigenvalue weighted by Gasteiger charge is -2.11. The van der Waals surface area contributed by atoms with Crippen LogP contribution in [0.15, 0.2) is 0 Å². The van der Waals surface area contributed by atoms with Crippen molar-refractivity contribution in [2.75, 3.05) is 6.54 Å². The summed E-state index contributed by atoms with van der Waals surface area (Å²) in [5, 5.41) is 3.48. The number of nitrogens with one attached hydrogen (secondary N) is 1. The molecule has 0 heterocycles. The molecule has 1 radical (unpaired) electrons. The summed E-state index contributed by atoms with van der Waals surface area (Å²) in [5.41, 5.74) is 0. The van der Waals surface area contributed by atoms with Crippen LogP contribution in [0.1, 0.15) is 46.0 Å². The van der Waals surface area contributed by atoms with Gasteiger partial charge < -0.3 is 5.32 Å². The van der Waals surface area contributed by atoms with Crippen LogP contribution in [0.5, 0.6) is 0 Å². The SMILES string of the molecule is [CH2]CCC(C)NCCCCC. The molecule has 1 heteroatoms. The minimum absolute atomic E-state index is 0.657. The number of hydrogen-bond acceptors (Lipinski definition) is 1. The molecule has 0 aliphatic rings. The minimum atomic E-state index is 0.657. The third-order valence-electron chi connectivity index (χ3n) is 1.91. The standard InChI is InChI=1S/C10H22N/c1-4-6-7-9-11-10(3)8-5-2/h10-11H,2,4-9H2,1,3H3. The van der Waals surface area contributed by atoms with Gasteiger partial charge in [0.1, 0.15) is 0 Å². The summed E-state index contributed by atoms with van der Waals surface area (Å²) in [7, 11) is 0. The summed E-state index contributed by atoms with van der Waals surface area (Å²) in [6.07, 6.45) is 6.22. The maximum atomic E-state index is 3.83. The first-order valence-electron chi connectivity index (χ1n) is 4.83. The van der Waals surface area contributed by atoms with Crippen LogP contribution in [0, 0.1) is 6.92 Å². The average Bonchev–Trinajstić information content (AvgIpc) is 1.99. The second-order valence-corrected chi connectivity index (χ2v) is 3.20. The van der Waals surface area contributed by atoms with Gasteiger partial charge in [-0.15, -0.1) is 0 Å². The summed E-state index contributed by atoms with van der Waals surface area (Å²) in [5.74, 6) is 0. The van der Waals surface area contributed by atoms with Crippen LogP contribution in [-0.4, -0.2) is 12.6 Å². The van der Waals surface area contributed by atoms with E-state index in [-0.39, 0.29) is 0 Å². The molecule has 1 N–H and O–H groups in total. The van der Waals surface area contributed by atoms with Crippen molar-refractivity contribution in [3.8, 4) is 0 Å². The normalized spacial score (nSPS) is 13.4. The van der Waals surface area contributed by atoms with E-state index < -0.39 is 0 Å². The molecule has 0 rings (SSSR count). The van der Waals surface area contributed by atoms with E-state index in [1.54, 1.807) is 0 Å². The van der Waals surface area contributed by atoms with Crippen molar-refractivity contribution in [2.45, 2.75) is 52.0 Å². The molecule has 0 saturated heterocycles. The van der Waals surface area contributed by atoms with E-state index in [0.29, 0.717) is 6.04 Å². The number of hydrogen-bond donors (Lipinski definition) is 1. The molecule has 0 spiro atoms. The van der Waals surface area contributed by atoms with E-state index in [1.807, 2.05) is 0 Å². The molecular formula is C10H22N. The first-order valence-corrected chi connectivity index (χ1v) is 4.83. The van der Waals surface area contributed by atoms with E-state index in [2.05, 4.69) is 26.1 Å². The van der Waals surface area contributed by atoms with Gasteiger partial charge in [0.05, 0.1) is 0 Å². The summed E-state index contributed by atoms with van der Waals surface area (Å²) in [6, 6.07) is 0.657. The zero-order chi connectivity index (χ0) is 8.53. The first-order chi connectivity index (χ1) is 5.31. The highest BCUT2D eigenvalue weighted by Gasteiger charge is 1.96. The van der Waals surface area contributed by atoms with Crippen molar-refractivity contribution in [1.82, 2.24) is 5.32 Å². The molecule has 0 aliphatic carbocycles. The molecule has 1 atom stereocenters. The molecular weight excluding hydrogens is 134 g/mol. The molecule has 11 heavy (non-hydrogen) atoms. The van der Waals surface area contributed by atoms with Crippen molar-refractivity contribution in [3.63, 3.8) is 0 Å². The van der Waals surface area contributed by atoms with Gasteiger partial charge in [-0.25, -0.2) is 0 Å². The van der Waals surface area contributed by atoms with Crippen LogP contribution in [0.2, 0.25) is 0 Å². The molecule has 0 aromatic heterocycles. The second kappa shape index (κ2) is 8.06. The Hall–Kier alpha value is -0.0400. The van der Waals surface area contributed by atoms with E-state index in [1.165, 1.54) is 32.2 Å². The number of rotatable bonds is 7. The topological polar surface area (TPSA) is 12.0 Å². The summed E-state index contributed by atoms with van der Waals surface area (Å²) in [6.45, 7) is 9.47. The molecule has 0 bridgehead atoms. The van der Waals surface area contributed by atoms with Crippen molar-refractivity contribution in [3.05, 3.63) is 6.92 Å². The maximum Gasteiger partial charge on any atom is 0.00387 e. The van der Waals surface area contributed by atoms with Crippen LogP contribution in [0.3, 0.4) is 0 Å². The van der Waals surface area contributed by atoms with E-state index >= 15 is 0 Å². The monoisotopic (exact) mass is 156 g/mol. The number of unbranched alkanes of at least 4 members (excludes halogenated alkanes) is 2. The zero-order valence-corrected chi connectivity index (χ0v) is 8.03. The lowest BCUT2D eigenvalue weighted by molar-refractivity contribution is 0.501. The fourth-order valence-electron chi connectivity index (χ4n) is 1.13. The van der Waals surface area contributed by atoms with Gasteiger partial charge in [0.25, 0.3) is 0 Å². The summed E-state index contributed by atoms with van der Waals surface area (Å²) >= 11 is 0. The predicted octanol–water partition coefficient (Wildman–Crippen LogP) is 2.77. The third kappa shape index (κ3) is 7.86. The quantitative estimate of drug-likeness (QED) is 0.559. The van der Waals surface area contributed by atoms with Crippen LogP contribution >= 0.6 is 0 Å². The van der Waals surface area contributed by atoms with E-state index in [9.17, 15) is 0 Å². The lowest BCUT2D eigenvalue weighted by Crippen LogP contribution is -2.26. The van der Waals surface area contributed by atoms with Crippen LogP contribution in [-0.2, 0) is 0 Å². The highest BCUT2D eigenvalue weighted by molar-refractivity contribution is 4.60. The van der Waals surface area contributed by atoms with E-state index in [0.717, 1.165) is 6.42 Å².